The number of carbonyl (C=O) groups excluding carboxylic acids is 1. The van der Waals surface area contributed by atoms with Crippen LogP contribution in [-0.2, 0) is 9.59 Å². The highest BCUT2D eigenvalue weighted by molar-refractivity contribution is 5.98. The Balaban J connectivity index is 1.76. The van der Waals surface area contributed by atoms with Crippen molar-refractivity contribution in [1.82, 2.24) is 0 Å². The van der Waals surface area contributed by atoms with E-state index in [1.807, 2.05) is 0 Å². The van der Waals surface area contributed by atoms with Crippen LogP contribution in [0.15, 0.2) is 11.8 Å². The monoisotopic (exact) mass is 442 g/mol. The molecular formula is C26H38N2O4. The number of hydrogen-bond acceptors (Lipinski definition) is 5. The number of hydrogen-bond donors (Lipinski definition) is 3. The van der Waals surface area contributed by atoms with Crippen LogP contribution in [0.25, 0.3) is 0 Å². The minimum absolute atomic E-state index is 0.00743. The minimum Gasteiger partial charge on any atom is -0.481 e. The largest absolute Gasteiger partial charge is 0.481 e. The average Bonchev–Trinajstić information content (AvgIpc) is 3.03. The number of nitrogens with two attached hydrogens (primary N) is 1. The van der Waals surface area contributed by atoms with Gasteiger partial charge in [0.15, 0.2) is 5.78 Å². The highest BCUT2D eigenvalue weighted by Crippen LogP contribution is 2.73. The number of nitriles is 1. The molecule has 8 atom stereocenters. The van der Waals surface area contributed by atoms with Gasteiger partial charge in [-0.2, -0.15) is 5.26 Å². The first-order chi connectivity index (χ1) is 15.0. The van der Waals surface area contributed by atoms with Crippen molar-refractivity contribution in [3.63, 3.8) is 0 Å². The van der Waals surface area contributed by atoms with Crippen molar-refractivity contribution < 1.29 is 19.8 Å². The average molecular weight is 443 g/mol. The Morgan fingerprint density at radius 2 is 1.88 bits per heavy atom. The van der Waals surface area contributed by atoms with Crippen LogP contribution >= 0.6 is 0 Å². The summed E-state index contributed by atoms with van der Waals surface area (Å²) in [7, 11) is 0. The molecule has 0 aromatic rings. The zero-order chi connectivity index (χ0) is 23.5. The van der Waals surface area contributed by atoms with Crippen LogP contribution in [-0.4, -0.2) is 27.6 Å². The van der Waals surface area contributed by atoms with Crippen LogP contribution in [0.2, 0.25) is 0 Å². The number of carbonyl (C=O) groups is 2. The third-order valence-corrected chi connectivity index (χ3v) is 10.8. The maximum atomic E-state index is 12.9. The summed E-state index contributed by atoms with van der Waals surface area (Å²) in [6.45, 7) is 6.51. The number of carboxylic acid groups (broad SMARTS) is 1. The maximum Gasteiger partial charge on any atom is 0.303 e. The smallest absolute Gasteiger partial charge is 0.303 e. The van der Waals surface area contributed by atoms with Crippen molar-refractivity contribution in [2.24, 2.45) is 45.7 Å². The lowest BCUT2D eigenvalue weighted by Gasteiger charge is -2.66. The molecule has 6 nitrogen and oxygen atoms in total. The summed E-state index contributed by atoms with van der Waals surface area (Å²) >= 11 is 0. The lowest BCUT2D eigenvalue weighted by Crippen LogP contribution is -2.63. The van der Waals surface area contributed by atoms with Gasteiger partial charge in [0.25, 0.3) is 0 Å². The van der Waals surface area contributed by atoms with Gasteiger partial charge in [-0.15, -0.1) is 0 Å². The number of rotatable bonds is 4. The molecule has 4 aliphatic rings. The number of ketones is 1. The molecule has 0 spiro atoms. The second kappa shape index (κ2) is 7.58. The quantitative estimate of drug-likeness (QED) is 0.561. The van der Waals surface area contributed by atoms with Crippen molar-refractivity contribution in [3.05, 3.63) is 11.8 Å². The third-order valence-electron chi connectivity index (χ3n) is 10.8. The van der Waals surface area contributed by atoms with E-state index in [1.54, 1.807) is 0 Å². The van der Waals surface area contributed by atoms with Gasteiger partial charge in [-0.25, -0.2) is 0 Å². The summed E-state index contributed by atoms with van der Waals surface area (Å²) in [6.07, 6.45) is 7.81. The summed E-state index contributed by atoms with van der Waals surface area (Å²) in [5.74, 6) is 0.192. The van der Waals surface area contributed by atoms with Gasteiger partial charge in [0.1, 0.15) is 0 Å². The van der Waals surface area contributed by atoms with Gasteiger partial charge in [-0.3, -0.25) is 9.59 Å². The number of nitrogens with zero attached hydrogens (tertiary/aromatic N) is 1. The van der Waals surface area contributed by atoms with E-state index in [4.69, 9.17) is 5.73 Å². The van der Waals surface area contributed by atoms with Crippen molar-refractivity contribution in [2.75, 3.05) is 0 Å². The standard InChI is InChI=1S/C26H38N2O4/c1-4-16-13-17-18-6-11-25(32,12-8-22(30)31)23(18,2)9-5-19(17)24(3)10-7-21(29)20(14-27)26(16,24)15-28/h14,16-19,32H,4-13,27H2,1-3H3,(H,30,31)/t16-,17-,18-,19-,23-,24+,25+,26+/m0/s1. The molecule has 4 fully saturated rings. The SMILES string of the molecule is CC[C@H]1C[C@H]2[C@@H]3CC[C@@](O)(CCC(=O)O)[C@@]3(C)CC[C@@H]2[C@@]2(C)CCC(=O)C(=CN)[C@@]12C#N. The molecule has 0 aliphatic heterocycles. The molecule has 0 aromatic carbocycles. The van der Waals surface area contributed by atoms with Gasteiger partial charge in [0.2, 0.25) is 0 Å². The molecule has 4 N–H and O–H groups in total. The van der Waals surface area contributed by atoms with Gasteiger partial charge >= 0.3 is 5.97 Å². The fourth-order valence-electron chi connectivity index (χ4n) is 9.12. The number of Topliss-reactive ketones (excluding diaryl/α,β-unsaturated/α-hetero) is 1. The second-order valence-electron chi connectivity index (χ2n) is 11.5. The van der Waals surface area contributed by atoms with Gasteiger partial charge in [-0.1, -0.05) is 27.2 Å². The molecule has 176 valence electrons. The van der Waals surface area contributed by atoms with E-state index >= 15 is 0 Å². The van der Waals surface area contributed by atoms with E-state index in [-0.39, 0.29) is 29.0 Å². The van der Waals surface area contributed by atoms with Gasteiger partial charge in [0.05, 0.1) is 17.1 Å². The summed E-state index contributed by atoms with van der Waals surface area (Å²) in [6, 6.07) is 2.66. The number of aliphatic hydroxyl groups is 1. The molecule has 4 rings (SSSR count). The van der Waals surface area contributed by atoms with E-state index in [1.165, 1.54) is 6.20 Å². The highest BCUT2D eigenvalue weighted by atomic mass is 16.4. The van der Waals surface area contributed by atoms with Crippen LogP contribution in [0.3, 0.4) is 0 Å². The molecule has 6 heteroatoms. The molecule has 0 heterocycles. The first kappa shape index (κ1) is 23.3. The Labute approximate surface area is 191 Å². The molecule has 4 saturated carbocycles. The Kier molecular flexibility index (Phi) is 5.52. The lowest BCUT2D eigenvalue weighted by atomic mass is 9.36. The minimum atomic E-state index is -0.946. The van der Waals surface area contributed by atoms with Crippen LogP contribution in [0, 0.1) is 51.2 Å². The Hall–Kier alpha value is -1.87. The molecule has 4 aliphatic carbocycles. The van der Waals surface area contributed by atoms with Crippen LogP contribution in [0.5, 0.6) is 0 Å². The fourth-order valence-corrected chi connectivity index (χ4v) is 9.12. The van der Waals surface area contributed by atoms with Crippen molar-refractivity contribution in [1.29, 1.82) is 5.26 Å². The van der Waals surface area contributed by atoms with Crippen molar-refractivity contribution in [3.8, 4) is 6.07 Å². The molecule has 0 aromatic heterocycles. The molecule has 32 heavy (non-hydrogen) atoms. The Bertz CT molecular complexity index is 893. The van der Waals surface area contributed by atoms with Gasteiger partial charge in [-0.05, 0) is 79.4 Å². The number of aliphatic carboxylic acids is 1. The van der Waals surface area contributed by atoms with E-state index in [2.05, 4.69) is 26.8 Å². The molecule has 0 saturated heterocycles. The topological polar surface area (TPSA) is 124 Å². The number of carboxylic acids is 1. The van der Waals surface area contributed by atoms with E-state index in [0.29, 0.717) is 49.0 Å². The molecule has 0 amide bonds. The zero-order valence-corrected chi connectivity index (χ0v) is 19.7. The molecular weight excluding hydrogens is 404 g/mol. The van der Waals surface area contributed by atoms with E-state index in [0.717, 1.165) is 32.1 Å². The van der Waals surface area contributed by atoms with E-state index in [9.17, 15) is 25.1 Å². The zero-order valence-electron chi connectivity index (χ0n) is 19.7. The highest BCUT2D eigenvalue weighted by Gasteiger charge is 2.70. The summed E-state index contributed by atoms with van der Waals surface area (Å²) in [4.78, 5) is 24.1. The van der Waals surface area contributed by atoms with Crippen molar-refractivity contribution in [2.45, 2.75) is 90.6 Å². The summed E-state index contributed by atoms with van der Waals surface area (Å²) in [5.41, 5.74) is 4.09. The molecule has 0 radical (unpaired) electrons. The first-order valence-corrected chi connectivity index (χ1v) is 12.4. The van der Waals surface area contributed by atoms with E-state index < -0.39 is 17.0 Å². The van der Waals surface area contributed by atoms with Crippen LogP contribution < -0.4 is 5.73 Å². The first-order valence-electron chi connectivity index (χ1n) is 12.4. The number of allylic oxidation sites excluding steroid dienone is 1. The molecule has 0 bridgehead atoms. The van der Waals surface area contributed by atoms with Crippen LogP contribution in [0.4, 0.5) is 0 Å². The Morgan fingerprint density at radius 3 is 2.47 bits per heavy atom. The predicted octanol–water partition coefficient (Wildman–Crippen LogP) is 4.18. The number of fused-ring (bicyclic) bond motifs is 5. The van der Waals surface area contributed by atoms with Gasteiger partial charge < -0.3 is 15.9 Å². The lowest BCUT2D eigenvalue weighted by molar-refractivity contribution is -0.177. The third kappa shape index (κ3) is 2.73. The molecule has 0 unspecified atom stereocenters. The maximum absolute atomic E-state index is 12.9. The summed E-state index contributed by atoms with van der Waals surface area (Å²) in [5, 5.41) is 31.5. The second-order valence-corrected chi connectivity index (χ2v) is 11.5. The Morgan fingerprint density at radius 1 is 1.22 bits per heavy atom. The predicted molar refractivity (Wildman–Crippen MR) is 120 cm³/mol. The normalized spacial score (nSPS) is 49.1. The van der Waals surface area contributed by atoms with Crippen molar-refractivity contribution >= 4 is 11.8 Å². The fraction of sp³-hybridized carbons (Fsp3) is 0.808. The summed E-state index contributed by atoms with van der Waals surface area (Å²) < 4.78 is 0. The van der Waals surface area contributed by atoms with Gasteiger partial charge in [0, 0.05) is 24.6 Å². The van der Waals surface area contributed by atoms with Crippen LogP contribution in [0.1, 0.15) is 85.0 Å².